The molecule has 0 radical (unpaired) electrons. The summed E-state index contributed by atoms with van der Waals surface area (Å²) in [6.45, 7) is 1.53. The summed E-state index contributed by atoms with van der Waals surface area (Å²) in [5, 5.41) is 21.4. The van der Waals surface area contributed by atoms with Crippen LogP contribution in [0, 0.1) is 0 Å². The second-order valence-electron chi connectivity index (χ2n) is 4.49. The number of amides is 1. The Balaban J connectivity index is 0. The van der Waals surface area contributed by atoms with Gasteiger partial charge in [-0.3, -0.25) is 4.79 Å². The first-order valence-corrected chi connectivity index (χ1v) is 6.72. The molecule has 106 valence electrons. The Hall–Kier alpha value is -0.100. The third-order valence-electron chi connectivity index (χ3n) is 2.81. The van der Waals surface area contributed by atoms with Crippen molar-refractivity contribution in [3.05, 3.63) is 0 Å². The third-order valence-corrected chi connectivity index (χ3v) is 2.81. The summed E-state index contributed by atoms with van der Waals surface area (Å²) < 4.78 is 0. The zero-order valence-electron chi connectivity index (χ0n) is 12.1. The summed E-state index contributed by atoms with van der Waals surface area (Å²) in [5.74, 6) is -1.79. The van der Waals surface area contributed by atoms with E-state index in [1.54, 1.807) is 0 Å². The van der Waals surface area contributed by atoms with Crippen LogP contribution >= 0.6 is 0 Å². The molecule has 5 nitrogen and oxygen atoms in total. The summed E-state index contributed by atoms with van der Waals surface area (Å²) in [6.07, 6.45) is 8.04. The second kappa shape index (κ2) is 14.3. The van der Waals surface area contributed by atoms with Gasteiger partial charge in [0.15, 0.2) is 0 Å². The SMILES string of the molecule is CCCCCCCCCC(=O)NC(CO)C(=O)[O-].[Na+]. The molecule has 1 amide bonds. The van der Waals surface area contributed by atoms with Crippen LogP contribution in [0.2, 0.25) is 0 Å². The Morgan fingerprint density at radius 1 is 1.11 bits per heavy atom. The number of rotatable bonds is 11. The van der Waals surface area contributed by atoms with Crippen molar-refractivity contribution in [3.8, 4) is 0 Å². The number of aliphatic carboxylic acids is 1. The minimum Gasteiger partial charge on any atom is -0.548 e. The summed E-state index contributed by atoms with van der Waals surface area (Å²) in [6, 6.07) is -1.29. The van der Waals surface area contributed by atoms with Gasteiger partial charge in [0.2, 0.25) is 5.91 Å². The number of unbranched alkanes of at least 4 members (excludes halogenated alkanes) is 6. The van der Waals surface area contributed by atoms with Gasteiger partial charge in [-0.1, -0.05) is 45.4 Å². The first-order chi connectivity index (χ1) is 8.61. The average molecular weight is 281 g/mol. The molecule has 19 heavy (non-hydrogen) atoms. The van der Waals surface area contributed by atoms with Crippen molar-refractivity contribution in [2.75, 3.05) is 6.61 Å². The quantitative estimate of drug-likeness (QED) is 0.320. The number of carbonyl (C=O) groups excluding carboxylic acids is 2. The number of carboxylic acids is 1. The Kier molecular flexibility index (Phi) is 16.0. The smallest absolute Gasteiger partial charge is 0.548 e. The number of aliphatic hydroxyl groups excluding tert-OH is 1. The van der Waals surface area contributed by atoms with E-state index in [-0.39, 0.29) is 35.5 Å². The van der Waals surface area contributed by atoms with E-state index >= 15 is 0 Å². The van der Waals surface area contributed by atoms with Crippen molar-refractivity contribution in [1.82, 2.24) is 5.32 Å². The molecule has 0 aliphatic carbocycles. The molecular weight excluding hydrogens is 257 g/mol. The molecule has 0 spiro atoms. The summed E-state index contributed by atoms with van der Waals surface area (Å²) in [7, 11) is 0. The number of carboxylic acid groups (broad SMARTS) is 1. The van der Waals surface area contributed by atoms with Gasteiger partial charge in [-0.05, 0) is 6.42 Å². The van der Waals surface area contributed by atoms with Crippen molar-refractivity contribution >= 4 is 11.9 Å². The fourth-order valence-corrected chi connectivity index (χ4v) is 1.69. The zero-order chi connectivity index (χ0) is 13.8. The van der Waals surface area contributed by atoms with Crippen molar-refractivity contribution in [2.24, 2.45) is 0 Å². The van der Waals surface area contributed by atoms with Crippen molar-refractivity contribution in [1.29, 1.82) is 0 Å². The zero-order valence-corrected chi connectivity index (χ0v) is 14.1. The minimum absolute atomic E-state index is 0. The number of hydrogen-bond donors (Lipinski definition) is 2. The number of aliphatic hydroxyl groups is 1. The van der Waals surface area contributed by atoms with Gasteiger partial charge in [-0.25, -0.2) is 0 Å². The third kappa shape index (κ3) is 12.7. The van der Waals surface area contributed by atoms with Crippen LogP contribution in [-0.4, -0.2) is 29.6 Å². The molecule has 1 unspecified atom stereocenters. The van der Waals surface area contributed by atoms with Crippen LogP contribution in [0.25, 0.3) is 0 Å². The van der Waals surface area contributed by atoms with Gasteiger partial charge < -0.3 is 20.3 Å². The number of nitrogens with one attached hydrogen (secondary N) is 1. The number of carbonyl (C=O) groups is 2. The normalized spacial score (nSPS) is 11.5. The van der Waals surface area contributed by atoms with Crippen LogP contribution in [0.15, 0.2) is 0 Å². The Bertz CT molecular complexity index is 249. The van der Waals surface area contributed by atoms with E-state index in [4.69, 9.17) is 5.11 Å². The molecule has 0 aromatic rings. The van der Waals surface area contributed by atoms with Crippen molar-refractivity contribution in [3.63, 3.8) is 0 Å². The minimum atomic E-state index is -1.45. The van der Waals surface area contributed by atoms with Crippen LogP contribution in [-0.2, 0) is 9.59 Å². The van der Waals surface area contributed by atoms with E-state index < -0.39 is 18.6 Å². The fraction of sp³-hybridized carbons (Fsp3) is 0.846. The summed E-state index contributed by atoms with van der Waals surface area (Å²) >= 11 is 0. The molecular formula is C13H24NNaO4. The molecule has 0 aliphatic heterocycles. The van der Waals surface area contributed by atoms with Crippen LogP contribution in [0.5, 0.6) is 0 Å². The van der Waals surface area contributed by atoms with Gasteiger partial charge >= 0.3 is 29.6 Å². The van der Waals surface area contributed by atoms with Crippen molar-refractivity contribution in [2.45, 2.75) is 64.3 Å². The van der Waals surface area contributed by atoms with Gasteiger partial charge in [0, 0.05) is 6.42 Å². The predicted molar refractivity (Wildman–Crippen MR) is 66.6 cm³/mol. The Morgan fingerprint density at radius 2 is 1.63 bits per heavy atom. The average Bonchev–Trinajstić information content (AvgIpc) is 2.34. The molecule has 0 aliphatic rings. The molecule has 2 N–H and O–H groups in total. The largest absolute Gasteiger partial charge is 1.00 e. The second-order valence-corrected chi connectivity index (χ2v) is 4.49. The van der Waals surface area contributed by atoms with Gasteiger partial charge in [-0.15, -0.1) is 0 Å². The van der Waals surface area contributed by atoms with Gasteiger partial charge in [0.05, 0.1) is 18.6 Å². The predicted octanol–water partition coefficient (Wildman–Crippen LogP) is -2.64. The monoisotopic (exact) mass is 281 g/mol. The molecule has 1 atom stereocenters. The molecule has 0 bridgehead atoms. The van der Waals surface area contributed by atoms with Crippen LogP contribution in [0.1, 0.15) is 58.3 Å². The van der Waals surface area contributed by atoms with Gasteiger partial charge in [0.1, 0.15) is 0 Å². The van der Waals surface area contributed by atoms with Crippen LogP contribution in [0.3, 0.4) is 0 Å². The first kappa shape index (κ1) is 21.2. The standard InChI is InChI=1S/C13H25NO4.Na/c1-2-3-4-5-6-7-8-9-12(16)14-11(10-15)13(17)18;/h11,15H,2-10H2,1H3,(H,14,16)(H,17,18);/q;+1/p-1. The summed E-state index contributed by atoms with van der Waals surface area (Å²) in [5.41, 5.74) is 0. The first-order valence-electron chi connectivity index (χ1n) is 6.72. The Morgan fingerprint density at radius 3 is 2.11 bits per heavy atom. The molecule has 0 fully saturated rings. The number of hydrogen-bond acceptors (Lipinski definition) is 4. The van der Waals surface area contributed by atoms with Crippen LogP contribution < -0.4 is 40.0 Å². The molecule has 0 rings (SSSR count). The van der Waals surface area contributed by atoms with E-state index in [0.717, 1.165) is 19.3 Å². The molecule has 0 aromatic heterocycles. The van der Waals surface area contributed by atoms with Gasteiger partial charge in [-0.2, -0.15) is 0 Å². The maximum atomic E-state index is 11.3. The maximum absolute atomic E-state index is 11.3. The molecule has 0 saturated carbocycles. The van der Waals surface area contributed by atoms with Crippen LogP contribution in [0.4, 0.5) is 0 Å². The van der Waals surface area contributed by atoms with E-state index in [1.807, 2.05) is 0 Å². The van der Waals surface area contributed by atoms with E-state index in [0.29, 0.717) is 6.42 Å². The molecule has 0 heterocycles. The van der Waals surface area contributed by atoms with E-state index in [9.17, 15) is 14.7 Å². The molecule has 6 heteroatoms. The fourth-order valence-electron chi connectivity index (χ4n) is 1.69. The molecule has 0 saturated heterocycles. The van der Waals surface area contributed by atoms with Crippen molar-refractivity contribution < 1.29 is 49.4 Å². The Labute approximate surface area is 137 Å². The maximum Gasteiger partial charge on any atom is 1.00 e. The van der Waals surface area contributed by atoms with Gasteiger partial charge in [0.25, 0.3) is 0 Å². The summed E-state index contributed by atoms with van der Waals surface area (Å²) in [4.78, 5) is 21.8. The van der Waals surface area contributed by atoms with E-state index in [1.165, 1.54) is 25.7 Å². The molecule has 0 aromatic carbocycles. The topological polar surface area (TPSA) is 89.5 Å². The van der Waals surface area contributed by atoms with E-state index in [2.05, 4.69) is 12.2 Å².